The van der Waals surface area contributed by atoms with Crippen LogP contribution in [0.3, 0.4) is 0 Å². The Kier molecular flexibility index (Phi) is 3.27. The number of pyridine rings is 1. The van der Waals surface area contributed by atoms with Crippen LogP contribution in [-0.4, -0.2) is 18.7 Å². The van der Waals surface area contributed by atoms with Crippen LogP contribution in [0.4, 0.5) is 8.78 Å². The highest BCUT2D eigenvalue weighted by molar-refractivity contribution is 5.19. The second-order valence-electron chi connectivity index (χ2n) is 2.58. The first kappa shape index (κ1) is 10.0. The minimum atomic E-state index is -0.798. The molecule has 0 radical (unpaired) electrons. The fraction of sp³-hybridized carbons (Fsp3) is 0.375. The molecule has 1 atom stereocenters. The molecule has 0 fully saturated rings. The molecule has 0 aliphatic heterocycles. The molecule has 3 nitrogen and oxygen atoms in total. The fourth-order valence-electron chi connectivity index (χ4n) is 1.04. The SMILES string of the molecule is COC[C@@H](N)c1c(F)cncc1F. The minimum Gasteiger partial charge on any atom is -0.383 e. The summed E-state index contributed by atoms with van der Waals surface area (Å²) in [5.41, 5.74) is 5.29. The Labute approximate surface area is 74.5 Å². The van der Waals surface area contributed by atoms with Gasteiger partial charge in [0, 0.05) is 12.7 Å². The van der Waals surface area contributed by atoms with Gasteiger partial charge in [0.2, 0.25) is 0 Å². The van der Waals surface area contributed by atoms with Crippen LogP contribution in [0.5, 0.6) is 0 Å². The normalized spacial score (nSPS) is 12.9. The van der Waals surface area contributed by atoms with E-state index in [0.29, 0.717) is 0 Å². The summed E-state index contributed by atoms with van der Waals surface area (Å²) in [6.45, 7) is 0.0673. The summed E-state index contributed by atoms with van der Waals surface area (Å²) in [6, 6.07) is -0.798. The molecule has 72 valence electrons. The standard InChI is InChI=1S/C8H10F2N2O/c1-13-4-7(11)8-5(9)2-12-3-6(8)10/h2-3,7H,4,11H2,1H3/t7-/m1/s1. The lowest BCUT2D eigenvalue weighted by Gasteiger charge is -2.11. The number of aromatic nitrogens is 1. The molecule has 0 spiro atoms. The lowest BCUT2D eigenvalue weighted by Crippen LogP contribution is -2.19. The van der Waals surface area contributed by atoms with Gasteiger partial charge in [-0.1, -0.05) is 0 Å². The summed E-state index contributed by atoms with van der Waals surface area (Å²) < 4.78 is 30.7. The van der Waals surface area contributed by atoms with E-state index in [2.05, 4.69) is 9.72 Å². The van der Waals surface area contributed by atoms with Crippen molar-refractivity contribution >= 4 is 0 Å². The molecule has 0 saturated heterocycles. The van der Waals surface area contributed by atoms with E-state index in [-0.39, 0.29) is 12.2 Å². The number of rotatable bonds is 3. The second-order valence-corrected chi connectivity index (χ2v) is 2.58. The van der Waals surface area contributed by atoms with E-state index in [1.807, 2.05) is 0 Å². The van der Waals surface area contributed by atoms with Crippen LogP contribution in [-0.2, 0) is 4.74 Å². The van der Waals surface area contributed by atoms with Crippen LogP contribution in [0.15, 0.2) is 12.4 Å². The maximum atomic E-state index is 13.0. The van der Waals surface area contributed by atoms with Crippen LogP contribution in [0.25, 0.3) is 0 Å². The van der Waals surface area contributed by atoms with Crippen LogP contribution < -0.4 is 5.73 Å². The van der Waals surface area contributed by atoms with E-state index in [1.54, 1.807) is 0 Å². The van der Waals surface area contributed by atoms with Crippen molar-refractivity contribution in [1.29, 1.82) is 0 Å². The Morgan fingerprint density at radius 1 is 1.46 bits per heavy atom. The third-order valence-corrected chi connectivity index (χ3v) is 1.61. The predicted molar refractivity (Wildman–Crippen MR) is 43.0 cm³/mol. The van der Waals surface area contributed by atoms with Crippen LogP contribution in [0.2, 0.25) is 0 Å². The van der Waals surface area contributed by atoms with Crippen LogP contribution in [0.1, 0.15) is 11.6 Å². The Morgan fingerprint density at radius 2 is 2.00 bits per heavy atom. The number of nitrogens with two attached hydrogens (primary N) is 1. The van der Waals surface area contributed by atoms with Gasteiger partial charge in [-0.3, -0.25) is 4.98 Å². The lowest BCUT2D eigenvalue weighted by molar-refractivity contribution is 0.178. The number of nitrogens with zero attached hydrogens (tertiary/aromatic N) is 1. The van der Waals surface area contributed by atoms with Crippen molar-refractivity contribution in [2.24, 2.45) is 5.73 Å². The molecule has 0 aliphatic rings. The van der Waals surface area contributed by atoms with Gasteiger partial charge in [0.25, 0.3) is 0 Å². The van der Waals surface area contributed by atoms with Crippen molar-refractivity contribution < 1.29 is 13.5 Å². The summed E-state index contributed by atoms with van der Waals surface area (Å²) in [4.78, 5) is 3.34. The molecular weight excluding hydrogens is 178 g/mol. The van der Waals surface area contributed by atoms with Crippen LogP contribution >= 0.6 is 0 Å². The van der Waals surface area contributed by atoms with Crippen molar-refractivity contribution in [3.63, 3.8) is 0 Å². The van der Waals surface area contributed by atoms with Gasteiger partial charge >= 0.3 is 0 Å². The number of hydrogen-bond donors (Lipinski definition) is 1. The average Bonchev–Trinajstić information content (AvgIpc) is 2.04. The molecule has 2 N–H and O–H groups in total. The van der Waals surface area contributed by atoms with Crippen molar-refractivity contribution in [2.75, 3.05) is 13.7 Å². The summed E-state index contributed by atoms with van der Waals surface area (Å²) >= 11 is 0. The lowest BCUT2D eigenvalue weighted by atomic mass is 10.1. The summed E-state index contributed by atoms with van der Waals surface area (Å²) in [5.74, 6) is -1.49. The van der Waals surface area contributed by atoms with Gasteiger partial charge in [-0.25, -0.2) is 8.78 Å². The maximum absolute atomic E-state index is 13.0. The Balaban J connectivity index is 2.98. The van der Waals surface area contributed by atoms with Gasteiger partial charge in [-0.05, 0) is 0 Å². The molecule has 0 unspecified atom stereocenters. The zero-order valence-corrected chi connectivity index (χ0v) is 7.13. The maximum Gasteiger partial charge on any atom is 0.149 e. The third kappa shape index (κ3) is 2.19. The molecule has 0 amide bonds. The zero-order valence-electron chi connectivity index (χ0n) is 7.13. The predicted octanol–water partition coefficient (Wildman–Crippen LogP) is 1.01. The molecule has 1 aromatic heterocycles. The number of ether oxygens (including phenoxy) is 1. The van der Waals surface area contributed by atoms with Crippen molar-refractivity contribution in [3.05, 3.63) is 29.6 Å². The average molecular weight is 188 g/mol. The van der Waals surface area contributed by atoms with Gasteiger partial charge in [-0.2, -0.15) is 0 Å². The van der Waals surface area contributed by atoms with E-state index < -0.39 is 17.7 Å². The van der Waals surface area contributed by atoms with E-state index in [4.69, 9.17) is 5.73 Å². The first-order valence-corrected chi connectivity index (χ1v) is 3.70. The highest BCUT2D eigenvalue weighted by Crippen LogP contribution is 2.17. The largest absolute Gasteiger partial charge is 0.383 e. The monoisotopic (exact) mass is 188 g/mol. The Hall–Kier alpha value is -1.07. The number of hydrogen-bond acceptors (Lipinski definition) is 3. The van der Waals surface area contributed by atoms with E-state index in [9.17, 15) is 8.78 Å². The highest BCUT2D eigenvalue weighted by Gasteiger charge is 2.16. The zero-order chi connectivity index (χ0) is 9.84. The molecule has 1 heterocycles. The second kappa shape index (κ2) is 4.25. The fourth-order valence-corrected chi connectivity index (χ4v) is 1.04. The Bertz CT molecular complexity index is 273. The molecule has 13 heavy (non-hydrogen) atoms. The van der Waals surface area contributed by atoms with Crippen molar-refractivity contribution in [2.45, 2.75) is 6.04 Å². The van der Waals surface area contributed by atoms with Crippen molar-refractivity contribution in [1.82, 2.24) is 4.98 Å². The van der Waals surface area contributed by atoms with Gasteiger partial charge in [0.05, 0.1) is 25.0 Å². The third-order valence-electron chi connectivity index (χ3n) is 1.61. The molecule has 0 bridgehead atoms. The molecule has 0 aromatic carbocycles. The first-order chi connectivity index (χ1) is 6.16. The first-order valence-electron chi connectivity index (χ1n) is 3.70. The topological polar surface area (TPSA) is 48.1 Å². The van der Waals surface area contributed by atoms with Gasteiger partial charge in [-0.15, -0.1) is 0 Å². The smallest absolute Gasteiger partial charge is 0.149 e. The van der Waals surface area contributed by atoms with Gasteiger partial charge in [0.1, 0.15) is 11.6 Å². The van der Waals surface area contributed by atoms with Crippen molar-refractivity contribution in [3.8, 4) is 0 Å². The molecule has 0 saturated carbocycles. The van der Waals surface area contributed by atoms with Crippen LogP contribution in [0, 0.1) is 11.6 Å². The number of methoxy groups -OCH3 is 1. The summed E-state index contributed by atoms with van der Waals surface area (Å²) in [5, 5.41) is 0. The quantitative estimate of drug-likeness (QED) is 0.769. The van der Waals surface area contributed by atoms with Gasteiger partial charge < -0.3 is 10.5 Å². The number of halogens is 2. The van der Waals surface area contributed by atoms with Gasteiger partial charge in [0.15, 0.2) is 0 Å². The summed E-state index contributed by atoms with van der Waals surface area (Å²) in [7, 11) is 1.41. The van der Waals surface area contributed by atoms with E-state index in [1.165, 1.54) is 7.11 Å². The summed E-state index contributed by atoms with van der Waals surface area (Å²) in [6.07, 6.45) is 1.85. The van der Waals surface area contributed by atoms with E-state index >= 15 is 0 Å². The molecular formula is C8H10F2N2O. The molecule has 1 aromatic rings. The minimum absolute atomic E-state index is 0.0673. The molecule has 5 heteroatoms. The highest BCUT2D eigenvalue weighted by atomic mass is 19.1. The van der Waals surface area contributed by atoms with E-state index in [0.717, 1.165) is 12.4 Å². The molecule has 1 rings (SSSR count). The molecule has 0 aliphatic carbocycles. The Morgan fingerprint density at radius 3 is 2.46 bits per heavy atom.